The van der Waals surface area contributed by atoms with Crippen LogP contribution in [0.3, 0.4) is 0 Å². The summed E-state index contributed by atoms with van der Waals surface area (Å²) in [6.07, 6.45) is 1.26. The zero-order valence-corrected chi connectivity index (χ0v) is 16.3. The van der Waals surface area contributed by atoms with Crippen molar-refractivity contribution in [2.75, 3.05) is 5.32 Å². The van der Waals surface area contributed by atoms with Gasteiger partial charge in [-0.05, 0) is 33.3 Å². The molecule has 1 aromatic carbocycles. The van der Waals surface area contributed by atoms with Crippen LogP contribution in [0, 0.1) is 37.8 Å². The first-order chi connectivity index (χ1) is 13.2. The summed E-state index contributed by atoms with van der Waals surface area (Å²) >= 11 is 0. The van der Waals surface area contributed by atoms with Crippen molar-refractivity contribution >= 4 is 17.3 Å². The number of carbonyl (C=O) groups is 1. The molecule has 28 heavy (non-hydrogen) atoms. The molecule has 1 amide bonds. The topological polar surface area (TPSA) is 108 Å². The van der Waals surface area contributed by atoms with Crippen LogP contribution in [0.1, 0.15) is 28.2 Å². The monoisotopic (exact) mass is 382 g/mol. The van der Waals surface area contributed by atoms with Gasteiger partial charge in [0.05, 0.1) is 28.5 Å². The molecule has 146 valence electrons. The summed E-state index contributed by atoms with van der Waals surface area (Å²) in [6.45, 7) is 7.80. The van der Waals surface area contributed by atoms with E-state index in [0.717, 1.165) is 11.3 Å². The molecule has 2 aromatic heterocycles. The normalized spacial score (nSPS) is 10.9. The van der Waals surface area contributed by atoms with E-state index in [-0.39, 0.29) is 23.8 Å². The van der Waals surface area contributed by atoms with E-state index < -0.39 is 4.92 Å². The average molecular weight is 382 g/mol. The predicted octanol–water partition coefficient (Wildman–Crippen LogP) is 2.91. The molecular weight excluding hydrogens is 360 g/mol. The summed E-state index contributed by atoms with van der Waals surface area (Å²) < 4.78 is 3.12. The van der Waals surface area contributed by atoms with E-state index in [1.54, 1.807) is 0 Å². The number of hydrogen-bond donors (Lipinski definition) is 1. The maximum absolute atomic E-state index is 12.4. The number of aromatic nitrogens is 4. The fourth-order valence-electron chi connectivity index (χ4n) is 3.11. The van der Waals surface area contributed by atoms with Crippen LogP contribution in [-0.2, 0) is 17.9 Å². The number of carbonyl (C=O) groups excluding carboxylic acids is 1. The van der Waals surface area contributed by atoms with E-state index in [9.17, 15) is 14.9 Å². The van der Waals surface area contributed by atoms with Gasteiger partial charge in [0.25, 0.3) is 0 Å². The second-order valence-corrected chi connectivity index (χ2v) is 6.80. The highest BCUT2D eigenvalue weighted by Gasteiger charge is 2.18. The molecule has 3 rings (SSSR count). The van der Waals surface area contributed by atoms with Gasteiger partial charge in [-0.2, -0.15) is 10.2 Å². The van der Waals surface area contributed by atoms with Crippen LogP contribution >= 0.6 is 0 Å². The number of hydrogen-bond acceptors (Lipinski definition) is 5. The van der Waals surface area contributed by atoms with Crippen LogP contribution in [0.25, 0.3) is 0 Å². The Balaban J connectivity index is 1.73. The minimum absolute atomic E-state index is 0.105. The number of aryl methyl sites for hydroxylation is 3. The Kier molecular flexibility index (Phi) is 5.25. The SMILES string of the molecule is Cc1cccc(Cn2nc(C)c(NC(=O)Cn3cc([N+](=O)[O-])c(C)n3)c2C)c1. The smallest absolute Gasteiger partial charge is 0.309 e. The van der Waals surface area contributed by atoms with Gasteiger partial charge in [-0.1, -0.05) is 29.8 Å². The zero-order chi connectivity index (χ0) is 20.4. The zero-order valence-electron chi connectivity index (χ0n) is 16.3. The number of benzene rings is 1. The van der Waals surface area contributed by atoms with Gasteiger partial charge in [0.2, 0.25) is 5.91 Å². The molecule has 0 unspecified atom stereocenters. The molecule has 0 fully saturated rings. The van der Waals surface area contributed by atoms with E-state index in [2.05, 4.69) is 21.6 Å². The fourth-order valence-corrected chi connectivity index (χ4v) is 3.11. The van der Waals surface area contributed by atoms with Gasteiger partial charge in [0, 0.05) is 0 Å². The number of rotatable bonds is 6. The van der Waals surface area contributed by atoms with Crippen LogP contribution in [-0.4, -0.2) is 30.4 Å². The molecule has 1 N–H and O–H groups in total. The summed E-state index contributed by atoms with van der Waals surface area (Å²) in [5.74, 6) is -0.321. The summed E-state index contributed by atoms with van der Waals surface area (Å²) in [5, 5.41) is 22.3. The first-order valence-corrected chi connectivity index (χ1v) is 8.82. The van der Waals surface area contributed by atoms with Crippen molar-refractivity contribution in [3.05, 3.63) is 68.8 Å². The van der Waals surface area contributed by atoms with Crippen molar-refractivity contribution in [1.29, 1.82) is 0 Å². The summed E-state index contributed by atoms with van der Waals surface area (Å²) in [4.78, 5) is 22.8. The quantitative estimate of drug-likeness (QED) is 0.521. The molecule has 0 aliphatic carbocycles. The Morgan fingerprint density at radius 2 is 1.93 bits per heavy atom. The third kappa shape index (κ3) is 4.08. The Morgan fingerprint density at radius 1 is 1.18 bits per heavy atom. The van der Waals surface area contributed by atoms with Crippen molar-refractivity contribution in [3.8, 4) is 0 Å². The molecule has 0 aliphatic rings. The highest BCUT2D eigenvalue weighted by atomic mass is 16.6. The Morgan fingerprint density at radius 3 is 2.57 bits per heavy atom. The largest absolute Gasteiger partial charge is 0.321 e. The third-order valence-electron chi connectivity index (χ3n) is 4.48. The van der Waals surface area contributed by atoms with Crippen molar-refractivity contribution in [1.82, 2.24) is 19.6 Å². The Labute approximate surface area is 162 Å². The molecule has 0 bridgehead atoms. The minimum Gasteiger partial charge on any atom is -0.321 e. The maximum Gasteiger partial charge on any atom is 0.309 e. The minimum atomic E-state index is -0.514. The van der Waals surface area contributed by atoms with Gasteiger partial charge in [0.1, 0.15) is 18.4 Å². The van der Waals surface area contributed by atoms with Crippen LogP contribution < -0.4 is 5.32 Å². The van der Waals surface area contributed by atoms with Crippen LogP contribution in [0.15, 0.2) is 30.5 Å². The van der Waals surface area contributed by atoms with Gasteiger partial charge < -0.3 is 5.32 Å². The fraction of sp³-hybridized carbons (Fsp3) is 0.316. The van der Waals surface area contributed by atoms with Gasteiger partial charge >= 0.3 is 5.69 Å². The van der Waals surface area contributed by atoms with Crippen molar-refractivity contribution in [2.45, 2.75) is 40.8 Å². The molecule has 2 heterocycles. The van der Waals surface area contributed by atoms with Gasteiger partial charge in [-0.15, -0.1) is 0 Å². The number of amides is 1. The number of nitro groups is 1. The van der Waals surface area contributed by atoms with E-state index in [1.807, 2.05) is 43.7 Å². The molecule has 0 spiro atoms. The van der Waals surface area contributed by atoms with Crippen LogP contribution in [0.2, 0.25) is 0 Å². The molecule has 9 nitrogen and oxygen atoms in total. The lowest BCUT2D eigenvalue weighted by atomic mass is 10.1. The van der Waals surface area contributed by atoms with Gasteiger partial charge in [-0.3, -0.25) is 24.3 Å². The lowest BCUT2D eigenvalue weighted by Gasteiger charge is -2.08. The number of anilines is 1. The molecule has 0 saturated carbocycles. The average Bonchev–Trinajstić information content (AvgIpc) is 3.09. The third-order valence-corrected chi connectivity index (χ3v) is 4.48. The molecule has 3 aromatic rings. The molecule has 9 heteroatoms. The molecule has 0 saturated heterocycles. The predicted molar refractivity (Wildman–Crippen MR) is 104 cm³/mol. The van der Waals surface area contributed by atoms with E-state index in [0.29, 0.717) is 17.9 Å². The van der Waals surface area contributed by atoms with Gasteiger partial charge in [0.15, 0.2) is 0 Å². The van der Waals surface area contributed by atoms with E-state index >= 15 is 0 Å². The Hall–Kier alpha value is -3.49. The summed E-state index contributed by atoms with van der Waals surface area (Å²) in [6, 6.07) is 8.18. The second kappa shape index (κ2) is 7.63. The molecule has 0 radical (unpaired) electrons. The second-order valence-electron chi connectivity index (χ2n) is 6.80. The first kappa shape index (κ1) is 19.3. The molecule has 0 aliphatic heterocycles. The highest BCUT2D eigenvalue weighted by molar-refractivity contribution is 5.91. The van der Waals surface area contributed by atoms with E-state index in [1.165, 1.54) is 23.4 Å². The van der Waals surface area contributed by atoms with Gasteiger partial charge in [-0.25, -0.2) is 0 Å². The molecular formula is C19H22N6O3. The summed E-state index contributed by atoms with van der Waals surface area (Å²) in [7, 11) is 0. The first-order valence-electron chi connectivity index (χ1n) is 8.82. The summed E-state index contributed by atoms with van der Waals surface area (Å²) in [5.41, 5.74) is 4.67. The highest BCUT2D eigenvalue weighted by Crippen LogP contribution is 2.21. The number of nitrogens with zero attached hydrogens (tertiary/aromatic N) is 5. The van der Waals surface area contributed by atoms with Crippen molar-refractivity contribution in [3.63, 3.8) is 0 Å². The van der Waals surface area contributed by atoms with Crippen LogP contribution in [0.4, 0.5) is 11.4 Å². The van der Waals surface area contributed by atoms with Crippen molar-refractivity contribution < 1.29 is 9.72 Å². The van der Waals surface area contributed by atoms with Crippen molar-refractivity contribution in [2.24, 2.45) is 0 Å². The molecule has 0 atom stereocenters. The van der Waals surface area contributed by atoms with E-state index in [4.69, 9.17) is 0 Å². The maximum atomic E-state index is 12.4. The van der Waals surface area contributed by atoms with Crippen LogP contribution in [0.5, 0.6) is 0 Å². The lowest BCUT2D eigenvalue weighted by Crippen LogP contribution is -2.20. The number of nitrogens with one attached hydrogen (secondary N) is 1. The standard InChI is InChI=1S/C19H22N6O3/c1-12-6-5-7-16(8-12)9-24-15(4)19(14(3)22-24)20-18(26)11-23-10-17(25(27)28)13(2)21-23/h5-8,10H,9,11H2,1-4H3,(H,20,26). The lowest BCUT2D eigenvalue weighted by molar-refractivity contribution is -0.385. The Bertz CT molecular complexity index is 1050.